The van der Waals surface area contributed by atoms with E-state index < -0.39 is 36.4 Å². The number of ether oxygens (including phenoxy) is 1. The van der Waals surface area contributed by atoms with Crippen LogP contribution in [0.5, 0.6) is 0 Å². The van der Waals surface area contributed by atoms with Crippen LogP contribution < -0.4 is 0 Å². The normalized spacial score (nSPS) is 13.0. The Labute approximate surface area is 183 Å². The lowest BCUT2D eigenvalue weighted by Gasteiger charge is -2.18. The molecule has 2 aromatic carbocycles. The van der Waals surface area contributed by atoms with Gasteiger partial charge in [-0.05, 0) is 30.2 Å². The van der Waals surface area contributed by atoms with Gasteiger partial charge < -0.3 is 29.7 Å². The van der Waals surface area contributed by atoms with E-state index in [0.717, 1.165) is 13.0 Å². The molecule has 0 saturated heterocycles. The van der Waals surface area contributed by atoms with E-state index in [1.54, 1.807) is 0 Å². The first-order valence-electron chi connectivity index (χ1n) is 9.86. The fraction of sp³-hybridized carbons (Fsp3) is 0.261. The third kappa shape index (κ3) is 4.96. The molecule has 0 fully saturated rings. The zero-order valence-corrected chi connectivity index (χ0v) is 17.1. The Kier molecular flexibility index (Phi) is 6.92. The van der Waals surface area contributed by atoms with E-state index >= 15 is 0 Å². The molecule has 0 amide bonds. The van der Waals surface area contributed by atoms with Crippen LogP contribution in [0.3, 0.4) is 0 Å². The van der Waals surface area contributed by atoms with Crippen molar-refractivity contribution in [3.05, 3.63) is 65.9 Å². The number of carboxylic acids is 3. The number of aliphatic hydroxyl groups is 1. The molecule has 0 unspecified atom stereocenters. The first kappa shape index (κ1) is 23.0. The van der Waals surface area contributed by atoms with Crippen LogP contribution in [-0.4, -0.2) is 55.1 Å². The quantitative estimate of drug-likeness (QED) is 0.456. The van der Waals surface area contributed by atoms with Gasteiger partial charge in [0.1, 0.15) is 0 Å². The van der Waals surface area contributed by atoms with Crippen LogP contribution in [0.1, 0.15) is 24.1 Å². The fourth-order valence-corrected chi connectivity index (χ4v) is 3.72. The maximum Gasteiger partial charge on any atom is 0.336 e. The minimum atomic E-state index is -2.74. The Morgan fingerprint density at radius 2 is 1.50 bits per heavy atom. The van der Waals surface area contributed by atoms with Crippen molar-refractivity contribution in [1.29, 1.82) is 0 Å². The van der Waals surface area contributed by atoms with Gasteiger partial charge in [0.2, 0.25) is 0 Å². The second-order valence-electron chi connectivity index (χ2n) is 7.39. The van der Waals surface area contributed by atoms with Crippen LogP contribution >= 0.6 is 0 Å². The lowest BCUT2D eigenvalue weighted by atomic mass is 9.96. The lowest BCUT2D eigenvalue weighted by molar-refractivity contribution is -0.170. The van der Waals surface area contributed by atoms with Gasteiger partial charge >= 0.3 is 17.9 Å². The minimum Gasteiger partial charge on any atom is -0.481 e. The number of carboxylic acid groups (broad SMARTS) is 3. The third-order valence-corrected chi connectivity index (χ3v) is 5.12. The Morgan fingerprint density at radius 1 is 0.906 bits per heavy atom. The largest absolute Gasteiger partial charge is 0.481 e. The molecule has 0 radical (unpaired) electrons. The molecule has 1 aliphatic heterocycles. The predicted octanol–water partition coefficient (Wildman–Crippen LogP) is 2.45. The number of carbonyl (C=O) groups is 3. The van der Waals surface area contributed by atoms with Crippen molar-refractivity contribution in [2.45, 2.75) is 31.5 Å². The van der Waals surface area contributed by atoms with Crippen molar-refractivity contribution in [2.75, 3.05) is 6.61 Å². The van der Waals surface area contributed by atoms with Crippen molar-refractivity contribution in [3.8, 4) is 5.69 Å². The van der Waals surface area contributed by atoms with E-state index in [9.17, 15) is 14.4 Å². The molecule has 4 N–H and O–H groups in total. The molecule has 168 valence electrons. The number of rotatable bonds is 6. The van der Waals surface area contributed by atoms with Crippen molar-refractivity contribution >= 4 is 28.8 Å². The number of nitrogens with zero attached hydrogens (tertiary/aromatic N) is 1. The molecule has 1 aliphatic rings. The van der Waals surface area contributed by atoms with Gasteiger partial charge in [-0.25, -0.2) is 4.79 Å². The molecule has 0 bridgehead atoms. The van der Waals surface area contributed by atoms with Crippen molar-refractivity contribution < 1.29 is 39.5 Å². The summed E-state index contributed by atoms with van der Waals surface area (Å²) in [5.41, 5.74) is 2.51. The number of aliphatic carboxylic acids is 3. The van der Waals surface area contributed by atoms with E-state index in [-0.39, 0.29) is 0 Å². The number of para-hydroxylation sites is 2. The Bertz CT molecular complexity index is 1120. The summed E-state index contributed by atoms with van der Waals surface area (Å²) in [6.07, 6.45) is -1.28. The summed E-state index contributed by atoms with van der Waals surface area (Å²) in [5.74, 6) is -5.02. The molecule has 9 heteroatoms. The van der Waals surface area contributed by atoms with E-state index in [4.69, 9.17) is 25.2 Å². The molecule has 32 heavy (non-hydrogen) atoms. The van der Waals surface area contributed by atoms with Crippen molar-refractivity contribution in [1.82, 2.24) is 4.57 Å². The molecule has 3 aromatic rings. The summed E-state index contributed by atoms with van der Waals surface area (Å²) in [7, 11) is 0. The van der Waals surface area contributed by atoms with E-state index in [1.807, 2.05) is 0 Å². The average molecular weight is 441 g/mol. The van der Waals surface area contributed by atoms with E-state index in [1.165, 1.54) is 27.8 Å². The van der Waals surface area contributed by atoms with Gasteiger partial charge in [-0.2, -0.15) is 0 Å². The van der Waals surface area contributed by atoms with E-state index in [2.05, 4.69) is 59.2 Å². The average Bonchev–Trinajstić information content (AvgIpc) is 3.08. The van der Waals surface area contributed by atoms with Gasteiger partial charge in [-0.15, -0.1) is 0 Å². The highest BCUT2D eigenvalue weighted by molar-refractivity contribution is 5.88. The minimum absolute atomic E-state index is 0.707. The molecule has 1 aromatic heterocycles. The maximum atomic E-state index is 10.3. The van der Waals surface area contributed by atoms with Crippen molar-refractivity contribution in [3.63, 3.8) is 0 Å². The van der Waals surface area contributed by atoms with Gasteiger partial charge in [0.25, 0.3) is 0 Å². The van der Waals surface area contributed by atoms with Crippen LogP contribution in [0.15, 0.2) is 54.6 Å². The topological polar surface area (TPSA) is 146 Å². The summed E-state index contributed by atoms with van der Waals surface area (Å²) in [6.45, 7) is 1.54. The standard InChI is InChI=1S/C17H15NO.C6H8O7/c1-2-6-13(7-3-1)18-16-9-5-4-8-14(16)15-10-11-19-12-17(15)18;7-3(8)1-6(13,5(11)12)2-4(9)10/h1-9H,10-12H2;13H,1-2H2,(H,7,8)(H,9,10)(H,11,12). The van der Waals surface area contributed by atoms with Crippen LogP contribution in [0.2, 0.25) is 0 Å². The summed E-state index contributed by atoms with van der Waals surface area (Å²) in [6, 6.07) is 19.2. The highest BCUT2D eigenvalue weighted by Gasteiger charge is 2.40. The summed E-state index contributed by atoms with van der Waals surface area (Å²) < 4.78 is 8.00. The molecule has 0 atom stereocenters. The first-order chi connectivity index (χ1) is 15.2. The summed E-state index contributed by atoms with van der Waals surface area (Å²) >= 11 is 0. The predicted molar refractivity (Wildman–Crippen MR) is 114 cm³/mol. The summed E-state index contributed by atoms with van der Waals surface area (Å²) in [4.78, 5) is 30.5. The third-order valence-electron chi connectivity index (χ3n) is 5.12. The summed E-state index contributed by atoms with van der Waals surface area (Å²) in [5, 5.41) is 35.2. The monoisotopic (exact) mass is 441 g/mol. The highest BCUT2D eigenvalue weighted by Crippen LogP contribution is 2.32. The highest BCUT2D eigenvalue weighted by atomic mass is 16.5. The second-order valence-corrected chi connectivity index (χ2v) is 7.39. The van der Waals surface area contributed by atoms with Crippen LogP contribution in [0, 0.1) is 0 Å². The van der Waals surface area contributed by atoms with Crippen molar-refractivity contribution in [2.24, 2.45) is 0 Å². The molecular weight excluding hydrogens is 418 g/mol. The van der Waals surface area contributed by atoms with Gasteiger partial charge in [0.15, 0.2) is 5.60 Å². The number of aromatic nitrogens is 1. The van der Waals surface area contributed by atoms with Gasteiger partial charge in [0.05, 0.1) is 37.3 Å². The van der Waals surface area contributed by atoms with Crippen LogP contribution in [0.4, 0.5) is 0 Å². The van der Waals surface area contributed by atoms with E-state index in [0.29, 0.717) is 6.61 Å². The molecule has 4 rings (SSSR count). The SMILES string of the molecule is O=C(O)CC(O)(CC(=O)O)C(=O)O.c1ccc(-n2c3c(c4ccccc42)CCOC3)cc1. The van der Waals surface area contributed by atoms with Crippen LogP contribution in [0.25, 0.3) is 16.6 Å². The fourth-order valence-electron chi connectivity index (χ4n) is 3.72. The van der Waals surface area contributed by atoms with Gasteiger partial charge in [-0.3, -0.25) is 9.59 Å². The number of fused-ring (bicyclic) bond motifs is 3. The zero-order chi connectivity index (χ0) is 23.3. The number of benzene rings is 2. The maximum absolute atomic E-state index is 10.3. The zero-order valence-electron chi connectivity index (χ0n) is 17.1. The molecule has 0 saturated carbocycles. The Morgan fingerprint density at radius 3 is 2.09 bits per heavy atom. The molecular formula is C23H23NO8. The first-order valence-corrected chi connectivity index (χ1v) is 9.86. The molecule has 9 nitrogen and oxygen atoms in total. The lowest BCUT2D eigenvalue weighted by Crippen LogP contribution is -2.42. The number of hydrogen-bond acceptors (Lipinski definition) is 5. The van der Waals surface area contributed by atoms with Crippen LogP contribution in [-0.2, 0) is 32.1 Å². The molecule has 0 aliphatic carbocycles. The molecule has 2 heterocycles. The molecule has 0 spiro atoms. The number of hydrogen-bond donors (Lipinski definition) is 4. The smallest absolute Gasteiger partial charge is 0.336 e. The van der Waals surface area contributed by atoms with Gasteiger partial charge in [-0.1, -0.05) is 36.4 Å². The van der Waals surface area contributed by atoms with Gasteiger partial charge in [0, 0.05) is 11.1 Å². The Hall–Kier alpha value is -3.69. The second kappa shape index (κ2) is 9.63. The Balaban J connectivity index is 0.000000198.